The predicted molar refractivity (Wildman–Crippen MR) is 68.3 cm³/mol. The van der Waals surface area contributed by atoms with E-state index in [9.17, 15) is 0 Å². The lowest BCUT2D eigenvalue weighted by Gasteiger charge is -2.23. The topological polar surface area (TPSA) is 24.9 Å². The molecule has 1 aliphatic heterocycles. The monoisotopic (exact) mass is 248 g/mol. The van der Waals surface area contributed by atoms with Gasteiger partial charge in [0.05, 0.1) is 0 Å². The largest absolute Gasteiger partial charge is 0.317 e. The summed E-state index contributed by atoms with van der Waals surface area (Å²) in [6, 6.07) is 2.11. The Bertz CT molecular complexity index is 286. The smallest absolute Gasteiger partial charge is 0.0305 e. The summed E-state index contributed by atoms with van der Waals surface area (Å²) < 4.78 is 0. The Morgan fingerprint density at radius 2 is 1.93 bits per heavy atom. The normalized spacial score (nSPS) is 16.3. The van der Waals surface area contributed by atoms with Gasteiger partial charge in [0, 0.05) is 12.4 Å². The number of rotatable bonds is 1. The van der Waals surface area contributed by atoms with Gasteiger partial charge in [-0.2, -0.15) is 0 Å². The number of aromatic nitrogens is 1. The van der Waals surface area contributed by atoms with Crippen LogP contribution in [0.15, 0.2) is 18.5 Å². The van der Waals surface area contributed by atoms with Crippen molar-refractivity contribution in [3.8, 4) is 0 Å². The van der Waals surface area contributed by atoms with E-state index in [1.807, 2.05) is 12.4 Å². The molecule has 2 heterocycles. The van der Waals surface area contributed by atoms with Crippen LogP contribution in [0.2, 0.25) is 0 Å². The highest BCUT2D eigenvalue weighted by Gasteiger charge is 2.16. The molecule has 0 saturated carbocycles. The van der Waals surface area contributed by atoms with Gasteiger partial charge in [-0.3, -0.25) is 4.98 Å². The Kier molecular flexibility index (Phi) is 6.90. The van der Waals surface area contributed by atoms with Gasteiger partial charge in [-0.25, -0.2) is 0 Å². The maximum absolute atomic E-state index is 4.20. The van der Waals surface area contributed by atoms with E-state index in [0.717, 1.165) is 19.0 Å². The van der Waals surface area contributed by atoms with Crippen molar-refractivity contribution >= 4 is 24.8 Å². The Balaban J connectivity index is 0.000000980. The van der Waals surface area contributed by atoms with Crippen LogP contribution in [0.4, 0.5) is 0 Å². The summed E-state index contributed by atoms with van der Waals surface area (Å²) in [5.74, 6) is 0.731. The molecule has 4 heteroatoms. The molecule has 1 N–H and O–H groups in total. The van der Waals surface area contributed by atoms with Crippen molar-refractivity contribution in [3.05, 3.63) is 29.6 Å². The molecular formula is C11H18Cl2N2. The van der Waals surface area contributed by atoms with Gasteiger partial charge in [0.1, 0.15) is 0 Å². The number of nitrogens with zero attached hydrogens (tertiary/aromatic N) is 1. The number of halogens is 2. The maximum atomic E-state index is 4.20. The van der Waals surface area contributed by atoms with Crippen LogP contribution in [0, 0.1) is 6.92 Å². The van der Waals surface area contributed by atoms with Gasteiger partial charge >= 0.3 is 0 Å². The van der Waals surface area contributed by atoms with Crippen LogP contribution < -0.4 is 5.32 Å². The zero-order valence-electron chi connectivity index (χ0n) is 8.90. The van der Waals surface area contributed by atoms with Crippen molar-refractivity contribution < 1.29 is 0 Å². The quantitative estimate of drug-likeness (QED) is 0.827. The summed E-state index contributed by atoms with van der Waals surface area (Å²) in [4.78, 5) is 4.20. The highest BCUT2D eigenvalue weighted by atomic mass is 35.5. The van der Waals surface area contributed by atoms with Gasteiger partial charge in [-0.1, -0.05) is 0 Å². The standard InChI is InChI=1S/C11H16N2.2ClH/c1-9-2-5-13-8-11(9)10-3-6-12-7-4-10;;/h2,5,8,10,12H,3-4,6-7H2,1H3;2*1H. The van der Waals surface area contributed by atoms with Gasteiger partial charge in [-0.15, -0.1) is 24.8 Å². The van der Waals surface area contributed by atoms with Gasteiger partial charge in [0.2, 0.25) is 0 Å². The van der Waals surface area contributed by atoms with E-state index < -0.39 is 0 Å². The third-order valence-electron chi connectivity index (χ3n) is 2.86. The van der Waals surface area contributed by atoms with Crippen molar-refractivity contribution in [2.45, 2.75) is 25.7 Å². The van der Waals surface area contributed by atoms with Gasteiger partial charge in [0.15, 0.2) is 0 Å². The average Bonchev–Trinajstić information content (AvgIpc) is 2.20. The fraction of sp³-hybridized carbons (Fsp3) is 0.545. The summed E-state index contributed by atoms with van der Waals surface area (Å²) in [6.07, 6.45) is 6.42. The summed E-state index contributed by atoms with van der Waals surface area (Å²) in [5, 5.41) is 3.38. The molecule has 0 aliphatic carbocycles. The first-order chi connectivity index (χ1) is 6.38. The first-order valence-electron chi connectivity index (χ1n) is 4.99. The molecule has 1 saturated heterocycles. The van der Waals surface area contributed by atoms with E-state index in [4.69, 9.17) is 0 Å². The molecule has 86 valence electrons. The minimum Gasteiger partial charge on any atom is -0.317 e. The second-order valence-electron chi connectivity index (χ2n) is 3.76. The van der Waals surface area contributed by atoms with E-state index in [2.05, 4.69) is 23.3 Å². The van der Waals surface area contributed by atoms with E-state index in [0.29, 0.717) is 0 Å². The van der Waals surface area contributed by atoms with Crippen LogP contribution in [-0.4, -0.2) is 18.1 Å². The summed E-state index contributed by atoms with van der Waals surface area (Å²) in [7, 11) is 0. The lowest BCUT2D eigenvalue weighted by molar-refractivity contribution is 0.458. The molecule has 1 aliphatic rings. The molecule has 0 bridgehead atoms. The van der Waals surface area contributed by atoms with Crippen LogP contribution in [0.1, 0.15) is 29.9 Å². The molecule has 0 radical (unpaired) electrons. The number of hydrogen-bond acceptors (Lipinski definition) is 2. The first-order valence-corrected chi connectivity index (χ1v) is 4.99. The van der Waals surface area contributed by atoms with E-state index >= 15 is 0 Å². The SMILES string of the molecule is Cc1ccncc1C1CCNCC1.Cl.Cl. The summed E-state index contributed by atoms with van der Waals surface area (Å²) >= 11 is 0. The Labute approximate surface area is 104 Å². The van der Waals surface area contributed by atoms with Crippen LogP contribution >= 0.6 is 24.8 Å². The Morgan fingerprint density at radius 3 is 2.53 bits per heavy atom. The molecule has 15 heavy (non-hydrogen) atoms. The lowest BCUT2D eigenvalue weighted by atomic mass is 9.89. The Morgan fingerprint density at radius 1 is 1.27 bits per heavy atom. The third kappa shape index (κ3) is 3.63. The van der Waals surface area contributed by atoms with Crippen molar-refractivity contribution in [3.63, 3.8) is 0 Å². The highest BCUT2D eigenvalue weighted by Crippen LogP contribution is 2.26. The van der Waals surface area contributed by atoms with Gasteiger partial charge < -0.3 is 5.32 Å². The number of hydrogen-bond donors (Lipinski definition) is 1. The van der Waals surface area contributed by atoms with Crippen LogP contribution in [0.25, 0.3) is 0 Å². The summed E-state index contributed by atoms with van der Waals surface area (Å²) in [6.45, 7) is 4.48. The average molecular weight is 249 g/mol. The fourth-order valence-electron chi connectivity index (χ4n) is 2.04. The fourth-order valence-corrected chi connectivity index (χ4v) is 2.04. The number of aryl methyl sites for hydroxylation is 1. The zero-order chi connectivity index (χ0) is 9.10. The van der Waals surface area contributed by atoms with Crippen molar-refractivity contribution in [2.24, 2.45) is 0 Å². The molecule has 0 aromatic carbocycles. The first kappa shape index (κ1) is 14.7. The number of pyridine rings is 1. The molecule has 0 spiro atoms. The zero-order valence-corrected chi connectivity index (χ0v) is 10.5. The molecule has 0 unspecified atom stereocenters. The lowest BCUT2D eigenvalue weighted by Crippen LogP contribution is -2.27. The Hall–Kier alpha value is -0.310. The van der Waals surface area contributed by atoms with Crippen molar-refractivity contribution in [2.75, 3.05) is 13.1 Å². The third-order valence-corrected chi connectivity index (χ3v) is 2.86. The molecule has 0 atom stereocenters. The molecule has 1 fully saturated rings. The molecular weight excluding hydrogens is 231 g/mol. The van der Waals surface area contributed by atoms with Gasteiger partial charge in [-0.05, 0) is 56.0 Å². The number of piperidine rings is 1. The van der Waals surface area contributed by atoms with Crippen molar-refractivity contribution in [1.82, 2.24) is 10.3 Å². The van der Waals surface area contributed by atoms with Crippen molar-refractivity contribution in [1.29, 1.82) is 0 Å². The molecule has 2 nitrogen and oxygen atoms in total. The van der Waals surface area contributed by atoms with Crippen LogP contribution in [0.5, 0.6) is 0 Å². The molecule has 2 rings (SSSR count). The summed E-state index contributed by atoms with van der Waals surface area (Å²) in [5.41, 5.74) is 2.84. The van der Waals surface area contributed by atoms with E-state index in [1.54, 1.807) is 0 Å². The van der Waals surface area contributed by atoms with Crippen LogP contribution in [0.3, 0.4) is 0 Å². The number of nitrogens with one attached hydrogen (secondary N) is 1. The molecule has 1 aromatic rings. The highest BCUT2D eigenvalue weighted by molar-refractivity contribution is 5.85. The minimum absolute atomic E-state index is 0. The second kappa shape index (κ2) is 7.04. The predicted octanol–water partition coefficient (Wildman–Crippen LogP) is 2.70. The van der Waals surface area contributed by atoms with E-state index in [-0.39, 0.29) is 24.8 Å². The molecule has 0 amide bonds. The van der Waals surface area contributed by atoms with Gasteiger partial charge in [0.25, 0.3) is 0 Å². The van der Waals surface area contributed by atoms with E-state index in [1.165, 1.54) is 24.0 Å². The molecule has 1 aromatic heterocycles. The maximum Gasteiger partial charge on any atom is 0.0305 e. The van der Waals surface area contributed by atoms with Crippen LogP contribution in [-0.2, 0) is 0 Å². The minimum atomic E-state index is 0. The second-order valence-corrected chi connectivity index (χ2v) is 3.76.